The number of amides is 3. The molecule has 2 aliphatic heterocycles. The van der Waals surface area contributed by atoms with Crippen LogP contribution in [-0.4, -0.2) is 59.8 Å². The molecule has 8 heteroatoms. The highest BCUT2D eigenvalue weighted by atomic mass is 16.5. The van der Waals surface area contributed by atoms with Gasteiger partial charge < -0.3 is 14.4 Å². The van der Waals surface area contributed by atoms with Gasteiger partial charge in [0, 0.05) is 12.1 Å². The first-order valence-electron chi connectivity index (χ1n) is 10.9. The smallest absolute Gasteiger partial charge is 0.265 e. The first kappa shape index (κ1) is 22.7. The topological polar surface area (TPSA) is 93.2 Å². The second-order valence-electron chi connectivity index (χ2n) is 8.73. The zero-order valence-electron chi connectivity index (χ0n) is 19.1. The zero-order valence-corrected chi connectivity index (χ0v) is 19.1. The van der Waals surface area contributed by atoms with Gasteiger partial charge in [-0.3, -0.25) is 24.1 Å². The molecular formula is C25H26N2O6. The molecule has 1 unspecified atom stereocenters. The molecule has 172 valence electrons. The molecule has 0 bridgehead atoms. The largest absolute Gasteiger partial charge is 0.482 e. The maximum absolute atomic E-state index is 13.0. The summed E-state index contributed by atoms with van der Waals surface area (Å²) in [4.78, 5) is 53.5. The van der Waals surface area contributed by atoms with E-state index in [1.54, 1.807) is 68.1 Å². The summed E-state index contributed by atoms with van der Waals surface area (Å²) in [6, 6.07) is 11.6. The lowest BCUT2D eigenvalue weighted by Crippen LogP contribution is -2.51. The molecule has 4 rings (SSSR count). The van der Waals surface area contributed by atoms with Crippen molar-refractivity contribution in [2.24, 2.45) is 0 Å². The molecule has 8 nitrogen and oxygen atoms in total. The molecule has 3 amide bonds. The average Bonchev–Trinajstić information content (AvgIpc) is 3.07. The number of hydrogen-bond acceptors (Lipinski definition) is 6. The molecule has 2 heterocycles. The average molecular weight is 450 g/mol. The number of nitrogens with zero attached hydrogens (tertiary/aromatic N) is 2. The van der Waals surface area contributed by atoms with Crippen LogP contribution in [0.15, 0.2) is 42.5 Å². The minimum Gasteiger partial charge on any atom is -0.482 e. The first-order valence-corrected chi connectivity index (χ1v) is 10.9. The van der Waals surface area contributed by atoms with Crippen LogP contribution < -0.4 is 9.64 Å². The van der Waals surface area contributed by atoms with Crippen molar-refractivity contribution in [2.45, 2.75) is 39.3 Å². The molecule has 0 radical (unpaired) electrons. The standard InChI is InChI=1S/C25H26N2O6/c1-5-26-19-12-16(10-11-20(19)32-13-21(26)28)22(29)15(2)33-14-25(3,4)27-23(30)17-8-6-7-9-18(17)24(27)31/h6-12,15H,5,13-14H2,1-4H3. The Morgan fingerprint density at radius 2 is 1.73 bits per heavy atom. The predicted octanol–water partition coefficient (Wildman–Crippen LogP) is 3.09. The summed E-state index contributed by atoms with van der Waals surface area (Å²) in [6.07, 6.45) is -0.826. The SMILES string of the molecule is CCN1C(=O)COc2ccc(C(=O)C(C)OCC(C)(C)N3C(=O)c4ccccc4C3=O)cc21. The summed E-state index contributed by atoms with van der Waals surface area (Å²) in [6.45, 7) is 7.36. The number of hydrogen-bond donors (Lipinski definition) is 0. The highest BCUT2D eigenvalue weighted by Crippen LogP contribution is 2.34. The summed E-state index contributed by atoms with van der Waals surface area (Å²) in [7, 11) is 0. The lowest BCUT2D eigenvalue weighted by atomic mass is 10.0. The third kappa shape index (κ3) is 3.91. The van der Waals surface area contributed by atoms with E-state index in [0.29, 0.717) is 34.7 Å². The van der Waals surface area contributed by atoms with Crippen LogP contribution >= 0.6 is 0 Å². The van der Waals surface area contributed by atoms with Gasteiger partial charge in [0.15, 0.2) is 12.4 Å². The number of benzene rings is 2. The van der Waals surface area contributed by atoms with Gasteiger partial charge in [-0.05, 0) is 58.0 Å². The zero-order chi connectivity index (χ0) is 23.9. The van der Waals surface area contributed by atoms with Crippen molar-refractivity contribution in [1.29, 1.82) is 0 Å². The van der Waals surface area contributed by atoms with Crippen molar-refractivity contribution in [3.05, 3.63) is 59.2 Å². The number of likely N-dealkylation sites (N-methyl/N-ethyl adjacent to an activating group) is 1. The maximum Gasteiger partial charge on any atom is 0.265 e. The fourth-order valence-corrected chi connectivity index (χ4v) is 4.14. The van der Waals surface area contributed by atoms with Gasteiger partial charge in [-0.1, -0.05) is 12.1 Å². The normalized spacial score (nSPS) is 16.4. The van der Waals surface area contributed by atoms with Crippen molar-refractivity contribution >= 4 is 29.2 Å². The van der Waals surface area contributed by atoms with E-state index in [-0.39, 0.29) is 36.7 Å². The van der Waals surface area contributed by atoms with Crippen molar-refractivity contribution < 1.29 is 28.7 Å². The second-order valence-corrected chi connectivity index (χ2v) is 8.73. The lowest BCUT2D eigenvalue weighted by Gasteiger charge is -2.34. The maximum atomic E-state index is 13.0. The van der Waals surface area contributed by atoms with Crippen LogP contribution in [0.25, 0.3) is 0 Å². The quantitative estimate of drug-likeness (QED) is 0.475. The van der Waals surface area contributed by atoms with Gasteiger partial charge in [0.1, 0.15) is 11.9 Å². The number of rotatable bonds is 7. The van der Waals surface area contributed by atoms with E-state index in [1.165, 1.54) is 4.90 Å². The summed E-state index contributed by atoms with van der Waals surface area (Å²) >= 11 is 0. The van der Waals surface area contributed by atoms with E-state index in [0.717, 1.165) is 0 Å². The molecule has 2 aromatic carbocycles. The molecule has 0 fully saturated rings. The second kappa shape index (κ2) is 8.44. The number of carbonyl (C=O) groups excluding carboxylic acids is 4. The number of imide groups is 1. The minimum atomic E-state index is -0.961. The number of anilines is 1. The Morgan fingerprint density at radius 1 is 1.09 bits per heavy atom. The Balaban J connectivity index is 1.47. The van der Waals surface area contributed by atoms with Gasteiger partial charge in [-0.25, -0.2) is 0 Å². The molecule has 0 aliphatic carbocycles. The molecule has 0 saturated heterocycles. The molecule has 33 heavy (non-hydrogen) atoms. The van der Waals surface area contributed by atoms with Crippen LogP contribution in [0.5, 0.6) is 5.75 Å². The van der Waals surface area contributed by atoms with Crippen molar-refractivity contribution in [3.8, 4) is 5.75 Å². The minimum absolute atomic E-state index is 0.0149. The Bertz CT molecular complexity index is 1120. The van der Waals surface area contributed by atoms with E-state index in [1.807, 2.05) is 6.92 Å². The van der Waals surface area contributed by atoms with Crippen LogP contribution in [0.4, 0.5) is 5.69 Å². The molecule has 0 aromatic heterocycles. The van der Waals surface area contributed by atoms with E-state index in [2.05, 4.69) is 0 Å². The van der Waals surface area contributed by atoms with Crippen LogP contribution in [-0.2, 0) is 9.53 Å². The summed E-state index contributed by atoms with van der Waals surface area (Å²) in [5.74, 6) is -0.635. The molecule has 1 atom stereocenters. The van der Waals surface area contributed by atoms with Crippen LogP contribution in [0.2, 0.25) is 0 Å². The van der Waals surface area contributed by atoms with E-state index >= 15 is 0 Å². The number of ether oxygens (including phenoxy) is 2. The highest BCUT2D eigenvalue weighted by Gasteiger charge is 2.44. The van der Waals surface area contributed by atoms with Crippen LogP contribution in [0.1, 0.15) is 58.8 Å². The van der Waals surface area contributed by atoms with Crippen molar-refractivity contribution in [2.75, 3.05) is 24.7 Å². The predicted molar refractivity (Wildman–Crippen MR) is 121 cm³/mol. The Labute approximate surface area is 192 Å². The molecule has 0 saturated carbocycles. The van der Waals surface area contributed by atoms with Crippen LogP contribution in [0.3, 0.4) is 0 Å². The van der Waals surface area contributed by atoms with E-state index in [4.69, 9.17) is 9.47 Å². The van der Waals surface area contributed by atoms with Gasteiger partial charge in [0.25, 0.3) is 17.7 Å². The summed E-state index contributed by atoms with van der Waals surface area (Å²) in [5, 5.41) is 0. The Hall–Kier alpha value is -3.52. The number of ketones is 1. The van der Waals surface area contributed by atoms with Crippen LogP contribution in [0, 0.1) is 0 Å². The van der Waals surface area contributed by atoms with Gasteiger partial charge >= 0.3 is 0 Å². The number of Topliss-reactive ketones (excluding diaryl/α,β-unsaturated/α-hetero) is 1. The monoisotopic (exact) mass is 450 g/mol. The van der Waals surface area contributed by atoms with Gasteiger partial charge in [-0.15, -0.1) is 0 Å². The van der Waals surface area contributed by atoms with Gasteiger partial charge in [-0.2, -0.15) is 0 Å². The number of fused-ring (bicyclic) bond motifs is 2. The van der Waals surface area contributed by atoms with Gasteiger partial charge in [0.05, 0.1) is 29.0 Å². The molecular weight excluding hydrogens is 424 g/mol. The molecule has 0 spiro atoms. The van der Waals surface area contributed by atoms with Crippen molar-refractivity contribution in [1.82, 2.24) is 4.90 Å². The Morgan fingerprint density at radius 3 is 2.33 bits per heavy atom. The van der Waals surface area contributed by atoms with Gasteiger partial charge in [0.2, 0.25) is 0 Å². The summed E-state index contributed by atoms with van der Waals surface area (Å²) in [5.41, 5.74) is 0.711. The molecule has 2 aliphatic rings. The molecule has 0 N–H and O–H groups in total. The first-order chi connectivity index (χ1) is 15.7. The Kier molecular flexibility index (Phi) is 5.80. The fraction of sp³-hybridized carbons (Fsp3) is 0.360. The molecule has 2 aromatic rings. The van der Waals surface area contributed by atoms with Crippen molar-refractivity contribution in [3.63, 3.8) is 0 Å². The van der Waals surface area contributed by atoms with E-state index < -0.39 is 11.6 Å². The third-order valence-corrected chi connectivity index (χ3v) is 5.96. The number of carbonyl (C=O) groups is 4. The lowest BCUT2D eigenvalue weighted by molar-refractivity contribution is -0.121. The van der Waals surface area contributed by atoms with E-state index in [9.17, 15) is 19.2 Å². The highest BCUT2D eigenvalue weighted by molar-refractivity contribution is 6.21. The fourth-order valence-electron chi connectivity index (χ4n) is 4.14. The summed E-state index contributed by atoms with van der Waals surface area (Å²) < 4.78 is 11.3. The third-order valence-electron chi connectivity index (χ3n) is 5.96.